The molecule has 3 aromatic carbocycles. The highest BCUT2D eigenvalue weighted by Gasteiger charge is 2.29. The third-order valence-corrected chi connectivity index (χ3v) is 5.78. The maximum atomic E-state index is 13.4. The van der Waals surface area contributed by atoms with Crippen LogP contribution in [0.4, 0.5) is 10.2 Å². The summed E-state index contributed by atoms with van der Waals surface area (Å²) in [6.07, 6.45) is 1.05. The molecular weight excluding hydrogens is 459 g/mol. The van der Waals surface area contributed by atoms with E-state index in [2.05, 4.69) is 15.7 Å². The minimum absolute atomic E-state index is 0.0156. The van der Waals surface area contributed by atoms with E-state index in [4.69, 9.17) is 21.1 Å². The van der Waals surface area contributed by atoms with Gasteiger partial charge < -0.3 is 20.1 Å². The summed E-state index contributed by atoms with van der Waals surface area (Å²) in [5.74, 6) is 0.917. The van der Waals surface area contributed by atoms with E-state index in [1.807, 2.05) is 48.5 Å². The largest absolute Gasteiger partial charge is 0.496 e. The smallest absolute Gasteiger partial charge is 0.258 e. The summed E-state index contributed by atoms with van der Waals surface area (Å²) >= 11 is 5.85. The fourth-order valence-corrected chi connectivity index (χ4v) is 3.96. The SMILES string of the molecule is COc1ccc(C2NC(=O)c3cnn(-c4ccccc4)c3N2)cc1COc1ccc(F)c(Cl)c1. The standard InChI is InChI=1S/C25H20ClFN4O3/c1-33-22-10-7-15(11-16(22)14-34-18-8-9-21(27)20(26)12-18)23-29-24-19(25(32)30-23)13-28-31(24)17-5-3-2-4-6-17/h2-13,23,29H,14H2,1H3,(H,30,32). The van der Waals surface area contributed by atoms with Gasteiger partial charge >= 0.3 is 0 Å². The van der Waals surface area contributed by atoms with Crippen molar-refractivity contribution in [1.29, 1.82) is 0 Å². The molecule has 2 N–H and O–H groups in total. The van der Waals surface area contributed by atoms with Crippen LogP contribution in [0, 0.1) is 5.82 Å². The second kappa shape index (κ2) is 9.07. The van der Waals surface area contributed by atoms with Crippen molar-refractivity contribution >= 4 is 23.3 Å². The van der Waals surface area contributed by atoms with Crippen molar-refractivity contribution in [3.8, 4) is 17.2 Å². The average Bonchev–Trinajstić information content (AvgIpc) is 3.30. The molecule has 0 bridgehead atoms. The Morgan fingerprint density at radius 2 is 1.91 bits per heavy atom. The predicted molar refractivity (Wildman–Crippen MR) is 126 cm³/mol. The van der Waals surface area contributed by atoms with Gasteiger partial charge in [-0.25, -0.2) is 9.07 Å². The van der Waals surface area contributed by atoms with Crippen LogP contribution in [0.5, 0.6) is 11.5 Å². The van der Waals surface area contributed by atoms with Crippen molar-refractivity contribution in [2.45, 2.75) is 12.8 Å². The molecule has 0 saturated heterocycles. The second-order valence-corrected chi connectivity index (χ2v) is 8.05. The van der Waals surface area contributed by atoms with Crippen LogP contribution in [0.25, 0.3) is 5.69 Å². The average molecular weight is 479 g/mol. The fourth-order valence-electron chi connectivity index (χ4n) is 3.79. The molecule has 0 fully saturated rings. The molecule has 0 spiro atoms. The third kappa shape index (κ3) is 4.15. The Morgan fingerprint density at radius 3 is 2.68 bits per heavy atom. The number of amides is 1. The number of hydrogen-bond acceptors (Lipinski definition) is 5. The Balaban J connectivity index is 1.42. The minimum Gasteiger partial charge on any atom is -0.496 e. The zero-order valence-corrected chi connectivity index (χ0v) is 18.8. The van der Waals surface area contributed by atoms with Crippen molar-refractivity contribution in [3.05, 3.63) is 100 Å². The molecule has 0 saturated carbocycles. The minimum atomic E-state index is -0.512. The van der Waals surface area contributed by atoms with Gasteiger partial charge in [-0.15, -0.1) is 0 Å². The highest BCUT2D eigenvalue weighted by atomic mass is 35.5. The van der Waals surface area contributed by atoms with Crippen molar-refractivity contribution in [2.75, 3.05) is 12.4 Å². The van der Waals surface area contributed by atoms with Gasteiger partial charge in [-0.3, -0.25) is 4.79 Å². The Bertz CT molecular complexity index is 1360. The number of carbonyl (C=O) groups is 1. The van der Waals surface area contributed by atoms with Crippen molar-refractivity contribution in [2.24, 2.45) is 0 Å². The third-order valence-electron chi connectivity index (χ3n) is 5.49. The number of para-hydroxylation sites is 1. The summed E-state index contributed by atoms with van der Waals surface area (Å²) in [5, 5.41) is 10.7. The molecule has 1 aliphatic rings. The quantitative estimate of drug-likeness (QED) is 0.403. The number of anilines is 1. The van der Waals surface area contributed by atoms with Crippen molar-refractivity contribution in [3.63, 3.8) is 0 Å². The van der Waals surface area contributed by atoms with Gasteiger partial charge in [0.15, 0.2) is 0 Å². The number of benzene rings is 3. The summed E-state index contributed by atoms with van der Waals surface area (Å²) in [6.45, 7) is 0.160. The van der Waals surface area contributed by atoms with E-state index in [0.717, 1.165) is 16.8 Å². The molecule has 7 nitrogen and oxygen atoms in total. The summed E-state index contributed by atoms with van der Waals surface area (Å²) in [7, 11) is 1.57. The number of nitrogens with one attached hydrogen (secondary N) is 2. The molecule has 4 aromatic rings. The molecule has 172 valence electrons. The lowest BCUT2D eigenvalue weighted by molar-refractivity contribution is 0.0935. The topological polar surface area (TPSA) is 77.4 Å². The molecule has 1 unspecified atom stereocenters. The van der Waals surface area contributed by atoms with E-state index >= 15 is 0 Å². The maximum absolute atomic E-state index is 13.4. The first-order valence-electron chi connectivity index (χ1n) is 10.5. The highest BCUT2D eigenvalue weighted by molar-refractivity contribution is 6.30. The van der Waals surface area contributed by atoms with Crippen LogP contribution in [-0.4, -0.2) is 22.8 Å². The van der Waals surface area contributed by atoms with E-state index in [1.165, 1.54) is 18.2 Å². The van der Waals surface area contributed by atoms with Crippen molar-refractivity contribution < 1.29 is 18.7 Å². The van der Waals surface area contributed by atoms with Crippen LogP contribution in [0.15, 0.2) is 72.9 Å². The molecule has 0 radical (unpaired) electrons. The first-order chi connectivity index (χ1) is 16.5. The van der Waals surface area contributed by atoms with Gasteiger partial charge in [0.05, 0.1) is 24.0 Å². The lowest BCUT2D eigenvalue weighted by Crippen LogP contribution is -2.38. The number of rotatable bonds is 6. The Kier molecular flexibility index (Phi) is 5.81. The number of methoxy groups -OCH3 is 1. The summed E-state index contributed by atoms with van der Waals surface area (Å²) in [4.78, 5) is 12.8. The van der Waals surface area contributed by atoms with E-state index < -0.39 is 12.0 Å². The number of hydrogen-bond donors (Lipinski definition) is 2. The van der Waals surface area contributed by atoms with Gasteiger partial charge in [0.25, 0.3) is 5.91 Å². The number of halogens is 2. The zero-order chi connectivity index (χ0) is 23.7. The Morgan fingerprint density at radius 1 is 1.09 bits per heavy atom. The predicted octanol–water partition coefficient (Wildman–Crippen LogP) is 5.11. The van der Waals surface area contributed by atoms with Crippen molar-refractivity contribution in [1.82, 2.24) is 15.1 Å². The fraction of sp³-hybridized carbons (Fsp3) is 0.120. The van der Waals surface area contributed by atoms with Crippen LogP contribution < -0.4 is 20.1 Å². The van der Waals surface area contributed by atoms with Crippen LogP contribution in [0.2, 0.25) is 5.02 Å². The lowest BCUT2D eigenvalue weighted by atomic mass is 10.1. The first-order valence-corrected chi connectivity index (χ1v) is 10.9. The molecule has 1 aromatic heterocycles. The van der Waals surface area contributed by atoms with Gasteiger partial charge in [0, 0.05) is 11.6 Å². The van der Waals surface area contributed by atoms with E-state index in [9.17, 15) is 9.18 Å². The molecule has 9 heteroatoms. The Hall–Kier alpha value is -4.04. The van der Waals surface area contributed by atoms with E-state index in [0.29, 0.717) is 22.9 Å². The molecule has 2 heterocycles. The lowest BCUT2D eigenvalue weighted by Gasteiger charge is -2.27. The zero-order valence-electron chi connectivity index (χ0n) is 18.1. The summed E-state index contributed by atoms with van der Waals surface area (Å²) < 4.78 is 26.4. The number of ether oxygens (including phenoxy) is 2. The number of aromatic nitrogens is 2. The molecule has 1 atom stereocenters. The van der Waals surface area contributed by atoms with E-state index in [1.54, 1.807) is 18.0 Å². The van der Waals surface area contributed by atoms with Gasteiger partial charge in [-0.1, -0.05) is 35.9 Å². The number of fused-ring (bicyclic) bond motifs is 1. The summed E-state index contributed by atoms with van der Waals surface area (Å²) in [5.41, 5.74) is 2.85. The Labute approximate surface area is 200 Å². The van der Waals surface area contributed by atoms with E-state index in [-0.39, 0.29) is 17.5 Å². The molecule has 5 rings (SSSR count). The monoisotopic (exact) mass is 478 g/mol. The molecule has 0 aliphatic carbocycles. The molecular formula is C25H20ClFN4O3. The number of nitrogens with zero attached hydrogens (tertiary/aromatic N) is 2. The number of carbonyl (C=O) groups excluding carboxylic acids is 1. The van der Waals surface area contributed by atoms with Crippen LogP contribution >= 0.6 is 11.6 Å². The normalized spacial score (nSPS) is 14.7. The molecule has 34 heavy (non-hydrogen) atoms. The summed E-state index contributed by atoms with van der Waals surface area (Å²) in [6, 6.07) is 19.3. The molecule has 1 amide bonds. The van der Waals surface area contributed by atoms with Gasteiger partial charge in [-0.2, -0.15) is 5.10 Å². The molecule has 1 aliphatic heterocycles. The van der Waals surface area contributed by atoms with Gasteiger partial charge in [0.1, 0.15) is 41.5 Å². The van der Waals surface area contributed by atoms with Crippen LogP contribution in [0.1, 0.15) is 27.7 Å². The van der Waals surface area contributed by atoms with Crippen LogP contribution in [-0.2, 0) is 6.61 Å². The van der Waals surface area contributed by atoms with Crippen LogP contribution in [0.3, 0.4) is 0 Å². The second-order valence-electron chi connectivity index (χ2n) is 7.64. The van der Waals surface area contributed by atoms with Gasteiger partial charge in [0.2, 0.25) is 0 Å². The maximum Gasteiger partial charge on any atom is 0.258 e. The first kappa shape index (κ1) is 21.8. The highest BCUT2D eigenvalue weighted by Crippen LogP contribution is 2.31. The van der Waals surface area contributed by atoms with Gasteiger partial charge in [-0.05, 0) is 42.0 Å².